The smallest absolute Gasteiger partial charge is 0.319 e. The lowest BCUT2D eigenvalue weighted by Gasteiger charge is -2.46. The van der Waals surface area contributed by atoms with Gasteiger partial charge in [0.05, 0.1) is 12.3 Å². The predicted molar refractivity (Wildman–Crippen MR) is 157 cm³/mol. The molecule has 6 aliphatic rings. The van der Waals surface area contributed by atoms with Crippen LogP contribution in [0, 0.1) is 11.7 Å². The van der Waals surface area contributed by atoms with Crippen LogP contribution in [-0.4, -0.2) is 81.5 Å². The van der Waals surface area contributed by atoms with Gasteiger partial charge in [-0.2, -0.15) is 9.97 Å². The molecular weight excluding hydrogens is 562 g/mol. The van der Waals surface area contributed by atoms with E-state index in [4.69, 9.17) is 25.4 Å². The second-order valence-electron chi connectivity index (χ2n) is 12.7. The van der Waals surface area contributed by atoms with E-state index in [0.717, 1.165) is 31.4 Å². The minimum Gasteiger partial charge on any atom is -0.508 e. The molecule has 9 rings (SSSR count). The number of fused-ring (bicyclic) bond motifs is 5. The summed E-state index contributed by atoms with van der Waals surface area (Å²) >= 11 is 6.59. The van der Waals surface area contributed by atoms with Crippen LogP contribution in [0.1, 0.15) is 61.0 Å². The Morgan fingerprint density at radius 2 is 2.17 bits per heavy atom. The number of anilines is 1. The van der Waals surface area contributed by atoms with Gasteiger partial charge in [0.25, 0.3) is 0 Å². The van der Waals surface area contributed by atoms with Crippen LogP contribution in [0.2, 0.25) is 5.02 Å². The zero-order valence-electron chi connectivity index (χ0n) is 26.3. The Balaban J connectivity index is 1.24. The van der Waals surface area contributed by atoms with Crippen molar-refractivity contribution in [3.8, 4) is 23.0 Å². The van der Waals surface area contributed by atoms with Crippen LogP contribution in [0.5, 0.6) is 11.8 Å². The largest absolute Gasteiger partial charge is 0.508 e. The number of halogens is 3. The molecule has 6 atom stereocenters. The van der Waals surface area contributed by atoms with Crippen LogP contribution < -0.4 is 15.0 Å². The van der Waals surface area contributed by atoms with Crippen LogP contribution in [0.15, 0.2) is 18.3 Å². The molecule has 2 unspecified atom stereocenters. The molecule has 0 radical (unpaired) electrons. The van der Waals surface area contributed by atoms with Crippen molar-refractivity contribution in [2.75, 3.05) is 37.6 Å². The van der Waals surface area contributed by atoms with Gasteiger partial charge >= 0.3 is 6.01 Å². The molecule has 1 aliphatic carbocycles. The van der Waals surface area contributed by atoms with Crippen LogP contribution in [-0.2, 0) is 0 Å². The molecule has 11 heteroatoms. The van der Waals surface area contributed by atoms with Crippen molar-refractivity contribution < 1.29 is 22.7 Å². The predicted octanol–water partition coefficient (Wildman–Crippen LogP) is 5.21. The maximum absolute atomic E-state index is 16.8. The van der Waals surface area contributed by atoms with Crippen molar-refractivity contribution in [3.63, 3.8) is 0 Å². The van der Waals surface area contributed by atoms with Crippen molar-refractivity contribution in [1.82, 2.24) is 25.2 Å². The third kappa shape index (κ3) is 4.32. The highest BCUT2D eigenvalue weighted by Crippen LogP contribution is 2.53. The van der Waals surface area contributed by atoms with Crippen molar-refractivity contribution in [3.05, 3.63) is 34.7 Å². The summed E-state index contributed by atoms with van der Waals surface area (Å²) in [6, 6.07) is 3.26. The van der Waals surface area contributed by atoms with E-state index in [1.165, 1.54) is 17.0 Å². The Labute approximate surface area is 252 Å². The van der Waals surface area contributed by atoms with Gasteiger partial charge in [0.15, 0.2) is 5.82 Å². The molecule has 1 saturated carbocycles. The maximum atomic E-state index is 16.8. The third-order valence-electron chi connectivity index (χ3n) is 9.90. The van der Waals surface area contributed by atoms with E-state index in [2.05, 4.69) is 27.1 Å². The highest BCUT2D eigenvalue weighted by molar-refractivity contribution is 6.32. The fourth-order valence-corrected chi connectivity index (χ4v) is 7.83. The summed E-state index contributed by atoms with van der Waals surface area (Å²) in [4.78, 5) is 17.4. The summed E-state index contributed by atoms with van der Waals surface area (Å²) in [5.74, 6) is 0.214. The molecule has 42 heavy (non-hydrogen) atoms. The number of nitrogens with one attached hydrogen (secondary N) is 1. The summed E-state index contributed by atoms with van der Waals surface area (Å²) in [6.45, 7) is 1.28. The number of benzene rings is 1. The van der Waals surface area contributed by atoms with E-state index in [-0.39, 0.29) is 67.0 Å². The highest BCUT2D eigenvalue weighted by atomic mass is 35.5. The number of rotatable bonds is 6. The molecule has 6 fully saturated rings. The summed E-state index contributed by atoms with van der Waals surface area (Å²) < 4.78 is 62.7. The number of hydrogen-bond donors (Lipinski definition) is 2. The number of piperidine rings is 2. The second-order valence-corrected chi connectivity index (χ2v) is 13.1. The van der Waals surface area contributed by atoms with Crippen molar-refractivity contribution in [1.29, 1.82) is 0 Å². The molecule has 0 spiro atoms. The van der Waals surface area contributed by atoms with Gasteiger partial charge in [0.1, 0.15) is 35.5 Å². The third-order valence-corrected chi connectivity index (χ3v) is 10.2. The van der Waals surface area contributed by atoms with Gasteiger partial charge in [-0.05, 0) is 68.1 Å². The minimum atomic E-state index is -2.31. The van der Waals surface area contributed by atoms with Crippen molar-refractivity contribution >= 4 is 28.3 Å². The van der Waals surface area contributed by atoms with E-state index in [9.17, 15) is 9.50 Å². The number of piperazine rings is 1. The molecule has 2 bridgehead atoms. The molecule has 7 heterocycles. The number of alkyl halides is 1. The first-order chi connectivity index (χ1) is 21.3. The molecule has 2 aromatic heterocycles. The van der Waals surface area contributed by atoms with Crippen molar-refractivity contribution in [2.45, 2.75) is 75.1 Å². The number of aromatic nitrogens is 3. The number of phenolic OH excluding ortho intramolecular Hbond substituents is 1. The van der Waals surface area contributed by atoms with Gasteiger partial charge in [-0.25, -0.2) is 8.78 Å². The van der Waals surface area contributed by atoms with Gasteiger partial charge < -0.3 is 20.1 Å². The lowest BCUT2D eigenvalue weighted by atomic mass is 9.92. The fourth-order valence-electron chi connectivity index (χ4n) is 7.48. The van der Waals surface area contributed by atoms with Gasteiger partial charge in [0, 0.05) is 57.7 Å². The lowest BCUT2D eigenvalue weighted by molar-refractivity contribution is 0.107. The zero-order valence-corrected chi connectivity index (χ0v) is 24.1. The number of hydrogen-bond acceptors (Lipinski definition) is 8. The molecule has 3 aromatic rings. The first-order valence-corrected chi connectivity index (χ1v) is 15.2. The topological polar surface area (TPSA) is 86.6 Å². The number of aromatic hydroxyl groups is 1. The van der Waals surface area contributed by atoms with E-state index in [1.54, 1.807) is 6.20 Å². The van der Waals surface area contributed by atoms with Crippen LogP contribution in [0.25, 0.3) is 22.2 Å². The number of pyridine rings is 1. The summed E-state index contributed by atoms with van der Waals surface area (Å²) in [5.41, 5.74) is 0.155. The van der Waals surface area contributed by atoms with Crippen molar-refractivity contribution in [2.24, 2.45) is 5.92 Å². The Bertz CT molecular complexity index is 1710. The van der Waals surface area contributed by atoms with E-state index < -0.39 is 24.0 Å². The molecule has 5 aliphatic heterocycles. The standard InChI is InChI=1S/C31H35ClF2N6O2/c1-16-7-21(16)25-22(8-20(41)9-24(25)32)27-26(34)28-23(12-36-27)29(40-14-18-3-4-19(40)11-35-18)38-30(37-28)42-15-31-5-2-6-39(31)13-17(33)10-31/h8-9,12,16-19,21,35,41H,2-7,10-11,13-15H2,1H3/t16-,17+,18?,19?,21+,31-/m1/s1/i6D2,17D. The van der Waals surface area contributed by atoms with Gasteiger partial charge in [-0.1, -0.05) is 18.5 Å². The lowest BCUT2D eigenvalue weighted by Crippen LogP contribution is -2.61. The van der Waals surface area contributed by atoms with Gasteiger partial charge in [-0.15, -0.1) is 0 Å². The van der Waals surface area contributed by atoms with E-state index in [0.29, 0.717) is 40.7 Å². The first-order valence-electron chi connectivity index (χ1n) is 16.3. The first kappa shape index (κ1) is 23.6. The Hall–Kier alpha value is -2.82. The number of ether oxygens (including phenoxy) is 1. The van der Waals surface area contributed by atoms with E-state index in [1.807, 2.05) is 0 Å². The SMILES string of the molecule is [2H]C1([2H])CC[C@]2(COc3nc(N4CC5CCC4CN5)c4cnc(-c5cc(O)cc(Cl)c5[C@H]5C[C@H]5C)c(F)c4n3)C[C@]([2H])(F)CN12. The Morgan fingerprint density at radius 3 is 2.90 bits per heavy atom. The minimum absolute atomic E-state index is 0.00604. The molecule has 5 saturated heterocycles. The Kier molecular flexibility index (Phi) is 5.54. The molecule has 8 nitrogen and oxygen atoms in total. The Morgan fingerprint density at radius 1 is 1.31 bits per heavy atom. The molecule has 1 aromatic carbocycles. The average molecular weight is 600 g/mol. The monoisotopic (exact) mass is 599 g/mol. The van der Waals surface area contributed by atoms with Gasteiger partial charge in [0.2, 0.25) is 0 Å². The summed E-state index contributed by atoms with van der Waals surface area (Å²) in [7, 11) is 0. The van der Waals surface area contributed by atoms with Crippen LogP contribution in [0.4, 0.5) is 14.6 Å². The quantitative estimate of drug-likeness (QED) is 0.399. The fraction of sp³-hybridized carbons (Fsp3) is 0.581. The molecule has 222 valence electrons. The molecular formula is C31H35ClF2N6O2. The summed E-state index contributed by atoms with van der Waals surface area (Å²) in [6.07, 6.45) is 2.45. The second kappa shape index (κ2) is 9.86. The zero-order chi connectivity index (χ0) is 31.5. The normalized spacial score (nSPS) is 36.1. The summed E-state index contributed by atoms with van der Waals surface area (Å²) in [5, 5.41) is 14.7. The molecule has 0 amide bonds. The molecule has 2 N–H and O–H groups in total. The van der Waals surface area contributed by atoms with Crippen LogP contribution >= 0.6 is 11.6 Å². The number of nitrogens with zero attached hydrogens (tertiary/aromatic N) is 5. The van der Waals surface area contributed by atoms with E-state index >= 15 is 4.39 Å². The maximum Gasteiger partial charge on any atom is 0.319 e. The van der Waals surface area contributed by atoms with Crippen LogP contribution in [0.3, 0.4) is 0 Å². The average Bonchev–Trinajstić information content (AvgIpc) is 3.57. The van der Waals surface area contributed by atoms with Gasteiger partial charge in [-0.3, -0.25) is 9.88 Å². The highest BCUT2D eigenvalue weighted by Gasteiger charge is 2.49. The number of phenols is 1.